The van der Waals surface area contributed by atoms with Crippen molar-refractivity contribution in [3.8, 4) is 11.5 Å². The number of carbonyl (C=O) groups excluding carboxylic acids is 1. The molecule has 0 spiro atoms. The molecule has 2 aromatic rings. The number of hydrogen-bond donors (Lipinski definition) is 0. The summed E-state index contributed by atoms with van der Waals surface area (Å²) in [5.41, 5.74) is 1.90. The summed E-state index contributed by atoms with van der Waals surface area (Å²) >= 11 is 0. The molecule has 2 fully saturated rings. The Morgan fingerprint density at radius 2 is 1.68 bits per heavy atom. The molecule has 7 nitrogen and oxygen atoms in total. The topological polar surface area (TPSA) is 57.6 Å². The number of amides is 1. The van der Waals surface area contributed by atoms with E-state index >= 15 is 0 Å². The van der Waals surface area contributed by atoms with Crippen LogP contribution in [0.25, 0.3) is 10.8 Å². The smallest absolute Gasteiger partial charge is 0.210 e. The molecule has 1 unspecified atom stereocenters. The van der Waals surface area contributed by atoms with Gasteiger partial charge in [-0.05, 0) is 80.8 Å². The summed E-state index contributed by atoms with van der Waals surface area (Å²) < 4.78 is 12.3. The van der Waals surface area contributed by atoms with Crippen molar-refractivity contribution in [2.24, 2.45) is 10.4 Å². The number of hydrogen-bond acceptors (Lipinski definition) is 6. The first kappa shape index (κ1) is 28.4. The van der Waals surface area contributed by atoms with Crippen LogP contribution in [0.5, 0.6) is 11.5 Å². The fourth-order valence-electron chi connectivity index (χ4n) is 5.58. The number of aliphatic imine (C=N–C) groups is 1. The van der Waals surface area contributed by atoms with E-state index in [0.29, 0.717) is 6.61 Å². The van der Waals surface area contributed by atoms with E-state index in [4.69, 9.17) is 14.5 Å². The molecule has 1 atom stereocenters. The number of fused-ring (bicyclic) bond motifs is 1. The van der Waals surface area contributed by atoms with E-state index in [9.17, 15) is 4.79 Å². The highest BCUT2D eigenvalue weighted by molar-refractivity contribution is 5.90. The zero-order chi connectivity index (χ0) is 27.5. The number of nitrogens with zero attached hydrogens (tertiary/aromatic N) is 4. The van der Waals surface area contributed by atoms with E-state index in [0.717, 1.165) is 92.0 Å². The van der Waals surface area contributed by atoms with E-state index in [2.05, 4.69) is 75.6 Å². The molecule has 0 saturated carbocycles. The van der Waals surface area contributed by atoms with E-state index in [1.807, 2.05) is 11.1 Å². The molecule has 0 radical (unpaired) electrons. The summed E-state index contributed by atoms with van der Waals surface area (Å²) in [4.78, 5) is 23.0. The second kappa shape index (κ2) is 11.6. The Morgan fingerprint density at radius 1 is 1.00 bits per heavy atom. The Labute approximate surface area is 228 Å². The van der Waals surface area contributed by atoms with Gasteiger partial charge in [0.15, 0.2) is 11.5 Å². The number of rotatable bonds is 10. The number of methoxy groups -OCH3 is 1. The van der Waals surface area contributed by atoms with Gasteiger partial charge in [0.2, 0.25) is 6.41 Å². The highest BCUT2D eigenvalue weighted by Crippen LogP contribution is 2.40. The lowest BCUT2D eigenvalue weighted by Crippen LogP contribution is -2.61. The van der Waals surface area contributed by atoms with Crippen LogP contribution in [0.1, 0.15) is 53.0 Å². The van der Waals surface area contributed by atoms with Crippen molar-refractivity contribution in [2.75, 3.05) is 53.0 Å². The summed E-state index contributed by atoms with van der Waals surface area (Å²) in [7, 11) is 1.70. The van der Waals surface area contributed by atoms with Crippen LogP contribution in [0, 0.1) is 12.3 Å². The maximum Gasteiger partial charge on any atom is 0.210 e. The molecule has 4 rings (SSSR count). The Balaban J connectivity index is 1.53. The van der Waals surface area contributed by atoms with Gasteiger partial charge < -0.3 is 19.3 Å². The Morgan fingerprint density at radius 3 is 2.34 bits per heavy atom. The molecule has 2 heterocycles. The molecule has 0 aliphatic carbocycles. The first-order valence-electron chi connectivity index (χ1n) is 14.1. The molecule has 7 heteroatoms. The fraction of sp³-hybridized carbons (Fsp3) is 0.613. The van der Waals surface area contributed by atoms with Crippen LogP contribution in [0.15, 0.2) is 29.3 Å². The minimum absolute atomic E-state index is 0.0223. The third-order valence-corrected chi connectivity index (χ3v) is 9.16. The van der Waals surface area contributed by atoms with Gasteiger partial charge in [-0.1, -0.05) is 20.8 Å². The maximum absolute atomic E-state index is 11.3. The van der Waals surface area contributed by atoms with Crippen LogP contribution < -0.4 is 9.47 Å². The fourth-order valence-corrected chi connectivity index (χ4v) is 5.58. The van der Waals surface area contributed by atoms with Gasteiger partial charge in [-0.2, -0.15) is 0 Å². The minimum Gasteiger partial charge on any atom is -0.493 e. The molecule has 2 aliphatic rings. The second-order valence-corrected chi connectivity index (χ2v) is 12.0. The molecule has 1 amide bonds. The molecule has 2 aromatic carbocycles. The molecule has 38 heavy (non-hydrogen) atoms. The van der Waals surface area contributed by atoms with Gasteiger partial charge in [-0.25, -0.2) is 0 Å². The summed E-state index contributed by atoms with van der Waals surface area (Å²) in [6.07, 6.45) is 4.83. The number of benzene rings is 2. The zero-order valence-electron chi connectivity index (χ0n) is 24.4. The monoisotopic (exact) mass is 522 g/mol. The number of carbonyl (C=O) groups is 1. The molecule has 208 valence electrons. The molecular formula is C31H46N4O3. The predicted octanol–water partition coefficient (Wildman–Crippen LogP) is 5.30. The maximum atomic E-state index is 11.3. The van der Waals surface area contributed by atoms with Gasteiger partial charge in [0, 0.05) is 49.9 Å². The van der Waals surface area contributed by atoms with Crippen molar-refractivity contribution >= 4 is 29.1 Å². The van der Waals surface area contributed by atoms with Gasteiger partial charge in [0.25, 0.3) is 0 Å². The Kier molecular flexibility index (Phi) is 8.68. The number of likely N-dealkylation sites (N-methyl/N-ethyl adjacent to an activating group) is 1. The lowest BCUT2D eigenvalue weighted by Gasteiger charge is -2.51. The van der Waals surface area contributed by atoms with Gasteiger partial charge >= 0.3 is 0 Å². The van der Waals surface area contributed by atoms with Crippen LogP contribution in [-0.2, 0) is 4.79 Å². The molecule has 2 saturated heterocycles. The number of likely N-dealkylation sites (tertiary alicyclic amines) is 1. The van der Waals surface area contributed by atoms with Crippen LogP contribution >= 0.6 is 0 Å². The van der Waals surface area contributed by atoms with Crippen LogP contribution in [0.4, 0.5) is 5.69 Å². The number of piperazine rings is 1. The van der Waals surface area contributed by atoms with Crippen molar-refractivity contribution < 1.29 is 14.3 Å². The first-order valence-corrected chi connectivity index (χ1v) is 14.1. The van der Waals surface area contributed by atoms with Crippen LogP contribution in [0.2, 0.25) is 0 Å². The van der Waals surface area contributed by atoms with Crippen molar-refractivity contribution in [2.45, 2.75) is 66.0 Å². The third kappa shape index (κ3) is 5.84. The van der Waals surface area contributed by atoms with E-state index in [1.165, 1.54) is 0 Å². The second-order valence-electron chi connectivity index (χ2n) is 12.0. The standard InChI is InChI=1S/C31H46N4O3/c1-8-33-12-14-35(15-13-33)31(5,6)30(3,4)21-38-29-19-25-17-27(23(2)16-24(25)18-28(29)37-7)32-20-26-10-9-11-34(26)22-36/h16-20,22,26H,8-15,21H2,1-7H3. The normalized spacial score (nSPS) is 20.0. The minimum atomic E-state index is -0.0875. The van der Waals surface area contributed by atoms with Crippen molar-refractivity contribution in [1.29, 1.82) is 0 Å². The number of ether oxygens (including phenoxy) is 2. The summed E-state index contributed by atoms with van der Waals surface area (Å²) in [6, 6.07) is 8.45. The van der Waals surface area contributed by atoms with Gasteiger partial charge in [0.05, 0.1) is 25.4 Å². The summed E-state index contributed by atoms with van der Waals surface area (Å²) in [6.45, 7) is 20.5. The average molecular weight is 523 g/mol. The highest BCUT2D eigenvalue weighted by atomic mass is 16.5. The van der Waals surface area contributed by atoms with Gasteiger partial charge in [-0.15, -0.1) is 0 Å². The molecule has 0 N–H and O–H groups in total. The first-order chi connectivity index (χ1) is 18.1. The van der Waals surface area contributed by atoms with Crippen molar-refractivity contribution in [3.63, 3.8) is 0 Å². The third-order valence-electron chi connectivity index (χ3n) is 9.16. The lowest BCUT2D eigenvalue weighted by atomic mass is 9.73. The van der Waals surface area contributed by atoms with Gasteiger partial charge in [0.1, 0.15) is 0 Å². The molecule has 0 bridgehead atoms. The van der Waals surface area contributed by atoms with Crippen LogP contribution in [-0.4, -0.2) is 91.9 Å². The summed E-state index contributed by atoms with van der Waals surface area (Å²) in [5, 5.41) is 2.15. The Bertz CT molecular complexity index is 1150. The molecule has 0 aromatic heterocycles. The van der Waals surface area contributed by atoms with E-state index in [1.54, 1.807) is 7.11 Å². The quantitative estimate of drug-likeness (QED) is 0.313. The molecule has 2 aliphatic heterocycles. The summed E-state index contributed by atoms with van der Waals surface area (Å²) in [5.74, 6) is 1.49. The predicted molar refractivity (Wildman–Crippen MR) is 156 cm³/mol. The van der Waals surface area contributed by atoms with Crippen molar-refractivity contribution in [1.82, 2.24) is 14.7 Å². The van der Waals surface area contributed by atoms with Crippen molar-refractivity contribution in [3.05, 3.63) is 29.8 Å². The van der Waals surface area contributed by atoms with E-state index < -0.39 is 0 Å². The zero-order valence-corrected chi connectivity index (χ0v) is 24.4. The Hall–Kier alpha value is -2.64. The van der Waals surface area contributed by atoms with Gasteiger partial charge in [-0.3, -0.25) is 14.7 Å². The largest absolute Gasteiger partial charge is 0.493 e. The van der Waals surface area contributed by atoms with Crippen LogP contribution in [0.3, 0.4) is 0 Å². The SMILES string of the molecule is CCN1CCN(C(C)(C)C(C)(C)COc2cc3cc(N=CC4CCCN4C=O)c(C)cc3cc2OC)CC1. The highest BCUT2D eigenvalue weighted by Gasteiger charge is 2.43. The van der Waals surface area contributed by atoms with E-state index in [-0.39, 0.29) is 17.0 Å². The number of aryl methyl sites for hydroxylation is 1. The average Bonchev–Trinajstić information content (AvgIpc) is 3.38. The lowest BCUT2D eigenvalue weighted by molar-refractivity contribution is -0.117. The molecular weight excluding hydrogens is 476 g/mol.